The zero-order chi connectivity index (χ0) is 16.2. The van der Waals surface area contributed by atoms with Crippen LogP contribution < -0.4 is 4.90 Å². The average molecular weight is 304 g/mol. The number of aliphatic imine (C=N–C) groups is 1. The molecule has 0 radical (unpaired) electrons. The highest BCUT2D eigenvalue weighted by atomic mass is 16.1. The minimum Gasteiger partial charge on any atom is -0.372 e. The normalized spacial score (nSPS) is 14.9. The number of ketones is 1. The third-order valence-electron chi connectivity index (χ3n) is 4.09. The van der Waals surface area contributed by atoms with Gasteiger partial charge in [0.15, 0.2) is 5.78 Å². The predicted molar refractivity (Wildman–Crippen MR) is 96.1 cm³/mol. The smallest absolute Gasteiger partial charge is 0.186 e. The molecule has 1 aliphatic rings. The highest BCUT2D eigenvalue weighted by Crippen LogP contribution is 2.23. The third kappa shape index (κ3) is 3.09. The Balaban J connectivity index is 1.93. The standard InChI is InChI=1S/C20H20N2O/c1-3-22(4-2)16-11-9-15(10-12-16)21-19-13-14-20(23)18-8-6-5-7-17(18)19/h5-14H,3-4H2,1-2H3/b21-19+. The van der Waals surface area contributed by atoms with Gasteiger partial charge in [0.25, 0.3) is 0 Å². The highest BCUT2D eigenvalue weighted by Gasteiger charge is 2.16. The minimum atomic E-state index is 0.0384. The topological polar surface area (TPSA) is 32.7 Å². The van der Waals surface area contributed by atoms with E-state index in [1.165, 1.54) is 5.69 Å². The molecule has 0 spiro atoms. The van der Waals surface area contributed by atoms with Gasteiger partial charge in [0.2, 0.25) is 0 Å². The molecule has 0 fully saturated rings. The first-order valence-electron chi connectivity index (χ1n) is 7.98. The van der Waals surface area contributed by atoms with Gasteiger partial charge in [0, 0.05) is 29.9 Å². The first kappa shape index (κ1) is 15.2. The van der Waals surface area contributed by atoms with Crippen LogP contribution in [0.1, 0.15) is 29.8 Å². The van der Waals surface area contributed by atoms with Gasteiger partial charge in [-0.1, -0.05) is 24.3 Å². The van der Waals surface area contributed by atoms with E-state index < -0.39 is 0 Å². The van der Waals surface area contributed by atoms with E-state index in [-0.39, 0.29) is 5.78 Å². The number of anilines is 1. The first-order valence-corrected chi connectivity index (χ1v) is 7.98. The molecule has 0 heterocycles. The number of rotatable bonds is 4. The lowest BCUT2D eigenvalue weighted by Crippen LogP contribution is -2.21. The zero-order valence-corrected chi connectivity index (χ0v) is 13.5. The van der Waals surface area contributed by atoms with Gasteiger partial charge in [0.05, 0.1) is 11.4 Å². The summed E-state index contributed by atoms with van der Waals surface area (Å²) in [6.07, 6.45) is 3.38. The molecule has 1 aliphatic carbocycles. The van der Waals surface area contributed by atoms with E-state index in [0.717, 1.165) is 30.1 Å². The molecule has 2 aromatic rings. The van der Waals surface area contributed by atoms with E-state index in [4.69, 9.17) is 4.99 Å². The summed E-state index contributed by atoms with van der Waals surface area (Å²) in [6.45, 7) is 6.28. The van der Waals surface area contributed by atoms with Gasteiger partial charge in [-0.15, -0.1) is 0 Å². The van der Waals surface area contributed by atoms with Crippen molar-refractivity contribution in [1.29, 1.82) is 0 Å². The molecule has 3 rings (SSSR count). The Bertz CT molecular complexity index is 768. The molecule has 0 atom stereocenters. The Hall–Kier alpha value is -2.68. The molecule has 0 bridgehead atoms. The molecule has 2 aromatic carbocycles. The number of hydrogen-bond acceptors (Lipinski definition) is 3. The Kier molecular flexibility index (Phi) is 4.38. The van der Waals surface area contributed by atoms with E-state index in [1.807, 2.05) is 36.4 Å². The maximum Gasteiger partial charge on any atom is 0.186 e. The van der Waals surface area contributed by atoms with Crippen molar-refractivity contribution in [1.82, 2.24) is 0 Å². The number of allylic oxidation sites excluding steroid dienone is 2. The van der Waals surface area contributed by atoms with Crippen molar-refractivity contribution < 1.29 is 4.79 Å². The van der Waals surface area contributed by atoms with Crippen molar-refractivity contribution in [2.24, 2.45) is 4.99 Å². The maximum atomic E-state index is 11.9. The molecule has 3 nitrogen and oxygen atoms in total. The summed E-state index contributed by atoms with van der Waals surface area (Å²) in [6, 6.07) is 15.8. The number of benzene rings is 2. The second kappa shape index (κ2) is 6.61. The van der Waals surface area contributed by atoms with Crippen LogP contribution in [0.3, 0.4) is 0 Å². The van der Waals surface area contributed by atoms with Gasteiger partial charge >= 0.3 is 0 Å². The highest BCUT2D eigenvalue weighted by molar-refractivity contribution is 6.24. The quantitative estimate of drug-likeness (QED) is 0.838. The second-order valence-corrected chi connectivity index (χ2v) is 5.43. The summed E-state index contributed by atoms with van der Waals surface area (Å²) < 4.78 is 0. The molecular formula is C20H20N2O. The molecule has 0 unspecified atom stereocenters. The van der Waals surface area contributed by atoms with E-state index in [2.05, 4.69) is 30.9 Å². The Labute approximate surface area is 137 Å². The van der Waals surface area contributed by atoms with Crippen LogP contribution in [-0.4, -0.2) is 24.6 Å². The van der Waals surface area contributed by atoms with Crippen LogP contribution in [0.25, 0.3) is 0 Å². The number of carbonyl (C=O) groups is 1. The lowest BCUT2D eigenvalue weighted by atomic mass is 9.94. The molecule has 23 heavy (non-hydrogen) atoms. The predicted octanol–water partition coefficient (Wildman–Crippen LogP) is 4.41. The molecular weight excluding hydrogens is 284 g/mol. The molecule has 0 saturated carbocycles. The van der Waals surface area contributed by atoms with Crippen LogP contribution in [0.15, 0.2) is 65.7 Å². The minimum absolute atomic E-state index is 0.0384. The molecule has 116 valence electrons. The summed E-state index contributed by atoms with van der Waals surface area (Å²) in [5.41, 5.74) is 4.54. The third-order valence-corrected chi connectivity index (χ3v) is 4.09. The maximum absolute atomic E-state index is 11.9. The zero-order valence-electron chi connectivity index (χ0n) is 13.5. The van der Waals surface area contributed by atoms with Gasteiger partial charge in [-0.05, 0) is 50.3 Å². The van der Waals surface area contributed by atoms with Crippen LogP contribution in [0.5, 0.6) is 0 Å². The average Bonchev–Trinajstić information content (AvgIpc) is 2.60. The Morgan fingerprint density at radius 1 is 0.870 bits per heavy atom. The molecule has 0 N–H and O–H groups in total. The van der Waals surface area contributed by atoms with Crippen molar-refractivity contribution in [2.45, 2.75) is 13.8 Å². The van der Waals surface area contributed by atoms with Crippen molar-refractivity contribution >= 4 is 22.9 Å². The van der Waals surface area contributed by atoms with Crippen molar-refractivity contribution in [3.63, 3.8) is 0 Å². The van der Waals surface area contributed by atoms with Crippen LogP contribution >= 0.6 is 0 Å². The summed E-state index contributed by atoms with van der Waals surface area (Å²) >= 11 is 0. The summed E-state index contributed by atoms with van der Waals surface area (Å²) in [7, 11) is 0. The van der Waals surface area contributed by atoms with Gasteiger partial charge in [-0.3, -0.25) is 4.79 Å². The molecule has 0 amide bonds. The van der Waals surface area contributed by atoms with E-state index in [0.29, 0.717) is 5.56 Å². The SMILES string of the molecule is CCN(CC)c1ccc(/N=C2\C=CC(=O)c3ccccc32)cc1. The second-order valence-electron chi connectivity index (χ2n) is 5.43. The number of fused-ring (bicyclic) bond motifs is 1. The van der Waals surface area contributed by atoms with Crippen molar-refractivity contribution in [2.75, 3.05) is 18.0 Å². The van der Waals surface area contributed by atoms with E-state index in [9.17, 15) is 4.79 Å². The Morgan fingerprint density at radius 2 is 1.52 bits per heavy atom. The molecule has 0 saturated heterocycles. The van der Waals surface area contributed by atoms with Crippen LogP contribution in [0.2, 0.25) is 0 Å². The Morgan fingerprint density at radius 3 is 2.17 bits per heavy atom. The van der Waals surface area contributed by atoms with Crippen LogP contribution in [0.4, 0.5) is 11.4 Å². The lowest BCUT2D eigenvalue weighted by Gasteiger charge is -2.20. The molecule has 0 aliphatic heterocycles. The number of hydrogen-bond donors (Lipinski definition) is 0. The lowest BCUT2D eigenvalue weighted by molar-refractivity contribution is 0.104. The first-order chi connectivity index (χ1) is 11.2. The van der Waals surface area contributed by atoms with Crippen LogP contribution in [-0.2, 0) is 0 Å². The van der Waals surface area contributed by atoms with Gasteiger partial charge in [-0.25, -0.2) is 4.99 Å². The van der Waals surface area contributed by atoms with Gasteiger partial charge in [-0.2, -0.15) is 0 Å². The summed E-state index contributed by atoms with van der Waals surface area (Å²) in [5.74, 6) is 0.0384. The summed E-state index contributed by atoms with van der Waals surface area (Å²) in [5, 5.41) is 0. The molecule has 3 heteroatoms. The van der Waals surface area contributed by atoms with Crippen molar-refractivity contribution in [3.05, 3.63) is 71.8 Å². The fourth-order valence-electron chi connectivity index (χ4n) is 2.82. The number of nitrogens with zero attached hydrogens (tertiary/aromatic N) is 2. The monoisotopic (exact) mass is 304 g/mol. The van der Waals surface area contributed by atoms with E-state index in [1.54, 1.807) is 12.2 Å². The van der Waals surface area contributed by atoms with Gasteiger partial charge < -0.3 is 4.90 Å². The molecule has 0 aromatic heterocycles. The largest absolute Gasteiger partial charge is 0.372 e. The summed E-state index contributed by atoms with van der Waals surface area (Å²) in [4.78, 5) is 18.9. The fourth-order valence-corrected chi connectivity index (χ4v) is 2.82. The number of carbonyl (C=O) groups excluding carboxylic acids is 1. The fraction of sp³-hybridized carbons (Fsp3) is 0.200. The van der Waals surface area contributed by atoms with Crippen LogP contribution in [0, 0.1) is 0 Å². The van der Waals surface area contributed by atoms with Crippen molar-refractivity contribution in [3.8, 4) is 0 Å². The van der Waals surface area contributed by atoms with Gasteiger partial charge in [0.1, 0.15) is 0 Å². The van der Waals surface area contributed by atoms with E-state index >= 15 is 0 Å².